The number of rotatable bonds is 2. The van der Waals surface area contributed by atoms with Crippen molar-refractivity contribution in [2.75, 3.05) is 0 Å². The summed E-state index contributed by atoms with van der Waals surface area (Å²) in [5.41, 5.74) is 2.16. The summed E-state index contributed by atoms with van der Waals surface area (Å²) in [6, 6.07) is 12.1. The Labute approximate surface area is 150 Å². The highest BCUT2D eigenvalue weighted by Crippen LogP contribution is 2.28. The first-order chi connectivity index (χ1) is 12.0. The van der Waals surface area contributed by atoms with Crippen LogP contribution in [0.5, 0.6) is 0 Å². The molecule has 0 radical (unpaired) electrons. The summed E-state index contributed by atoms with van der Waals surface area (Å²) in [7, 11) is 0. The zero-order valence-corrected chi connectivity index (χ0v) is 14.6. The van der Waals surface area contributed by atoms with Crippen LogP contribution in [0.15, 0.2) is 51.7 Å². The van der Waals surface area contributed by atoms with Gasteiger partial charge in [-0.05, 0) is 41.8 Å². The van der Waals surface area contributed by atoms with Gasteiger partial charge in [-0.1, -0.05) is 28.1 Å². The summed E-state index contributed by atoms with van der Waals surface area (Å²) in [4.78, 5) is 27.7. The number of benzene rings is 2. The van der Waals surface area contributed by atoms with Crippen LogP contribution in [-0.4, -0.2) is 14.5 Å². The fourth-order valence-corrected chi connectivity index (χ4v) is 3.28. The lowest BCUT2D eigenvalue weighted by atomic mass is 10.1. The molecule has 25 heavy (non-hydrogen) atoms. The van der Waals surface area contributed by atoms with E-state index >= 15 is 0 Å². The Balaban J connectivity index is 1.87. The molecule has 0 fully saturated rings. The minimum Gasteiger partial charge on any atom is -0.292 e. The standard InChI is InChI=1S/C18H12BrN3O3/c19-13-3-1-11(2-4-13)9-12-7-8-21-17(12)20-16-6-5-14(22(24)25)10-15(16)18(21)23/h1-6,9-10H,7-8H2/b12-9+. The summed E-state index contributed by atoms with van der Waals surface area (Å²) >= 11 is 3.41. The first-order valence-electron chi connectivity index (χ1n) is 7.68. The third-order valence-electron chi connectivity index (χ3n) is 4.25. The molecule has 0 N–H and O–H groups in total. The van der Waals surface area contributed by atoms with Crippen LogP contribution in [0.4, 0.5) is 5.69 Å². The maximum absolute atomic E-state index is 12.7. The molecule has 2 heterocycles. The molecule has 1 aliphatic rings. The van der Waals surface area contributed by atoms with Crippen LogP contribution in [0.3, 0.4) is 0 Å². The van der Waals surface area contributed by atoms with Gasteiger partial charge in [-0.25, -0.2) is 4.98 Å². The first-order valence-corrected chi connectivity index (χ1v) is 8.48. The molecule has 0 spiro atoms. The summed E-state index contributed by atoms with van der Waals surface area (Å²) in [5, 5.41) is 11.2. The van der Waals surface area contributed by atoms with Crippen molar-refractivity contribution >= 4 is 44.2 Å². The van der Waals surface area contributed by atoms with E-state index in [1.165, 1.54) is 18.2 Å². The molecule has 0 atom stereocenters. The van der Waals surface area contributed by atoms with E-state index in [1.807, 2.05) is 30.3 Å². The van der Waals surface area contributed by atoms with Crippen molar-refractivity contribution < 1.29 is 4.92 Å². The van der Waals surface area contributed by atoms with Gasteiger partial charge in [0.25, 0.3) is 11.2 Å². The van der Waals surface area contributed by atoms with Crippen molar-refractivity contribution in [3.63, 3.8) is 0 Å². The molecule has 0 amide bonds. The van der Waals surface area contributed by atoms with E-state index in [0.29, 0.717) is 24.3 Å². The van der Waals surface area contributed by atoms with Crippen LogP contribution in [-0.2, 0) is 6.54 Å². The second kappa shape index (κ2) is 5.93. The quantitative estimate of drug-likeness (QED) is 0.483. The first kappa shape index (κ1) is 15.7. The molecule has 2 aromatic carbocycles. The minimum atomic E-state index is -0.504. The zero-order chi connectivity index (χ0) is 17.6. The van der Waals surface area contributed by atoms with E-state index in [4.69, 9.17) is 0 Å². The van der Waals surface area contributed by atoms with Crippen molar-refractivity contribution in [2.24, 2.45) is 0 Å². The van der Waals surface area contributed by atoms with Gasteiger partial charge in [-0.3, -0.25) is 19.5 Å². The van der Waals surface area contributed by atoms with Crippen LogP contribution in [0.1, 0.15) is 17.8 Å². The molecule has 0 aliphatic carbocycles. The van der Waals surface area contributed by atoms with Gasteiger partial charge < -0.3 is 0 Å². The lowest BCUT2D eigenvalue weighted by Crippen LogP contribution is -2.20. The van der Waals surface area contributed by atoms with Crippen molar-refractivity contribution in [1.29, 1.82) is 0 Å². The minimum absolute atomic E-state index is 0.101. The van der Waals surface area contributed by atoms with Crippen LogP contribution in [0.2, 0.25) is 0 Å². The van der Waals surface area contributed by atoms with Gasteiger partial charge in [0.2, 0.25) is 0 Å². The summed E-state index contributed by atoms with van der Waals surface area (Å²) in [6.07, 6.45) is 2.73. The molecule has 1 aromatic heterocycles. The molecule has 0 bridgehead atoms. The van der Waals surface area contributed by atoms with Gasteiger partial charge in [0, 0.05) is 23.2 Å². The molecule has 6 nitrogen and oxygen atoms in total. The maximum Gasteiger partial charge on any atom is 0.270 e. The fourth-order valence-electron chi connectivity index (χ4n) is 3.02. The Kier molecular flexibility index (Phi) is 3.73. The van der Waals surface area contributed by atoms with Gasteiger partial charge in [0.05, 0.1) is 15.8 Å². The second-order valence-corrected chi connectivity index (χ2v) is 6.74. The SMILES string of the molecule is O=c1c2cc([N+](=O)[O-])ccc2nc2n1CC/C2=C\c1ccc(Br)cc1. The van der Waals surface area contributed by atoms with E-state index in [-0.39, 0.29) is 16.6 Å². The van der Waals surface area contributed by atoms with Crippen LogP contribution in [0, 0.1) is 10.1 Å². The van der Waals surface area contributed by atoms with Crippen molar-refractivity contribution in [3.8, 4) is 0 Å². The third kappa shape index (κ3) is 2.76. The van der Waals surface area contributed by atoms with Crippen LogP contribution in [0.25, 0.3) is 22.6 Å². The van der Waals surface area contributed by atoms with E-state index in [1.54, 1.807) is 4.57 Å². The molecular formula is C18H12BrN3O3. The van der Waals surface area contributed by atoms with Crippen LogP contribution < -0.4 is 5.56 Å². The Morgan fingerprint density at radius 1 is 1.20 bits per heavy atom. The maximum atomic E-state index is 12.7. The molecule has 0 saturated carbocycles. The Hall–Kier alpha value is -2.80. The van der Waals surface area contributed by atoms with Crippen molar-refractivity contribution in [2.45, 2.75) is 13.0 Å². The van der Waals surface area contributed by atoms with Gasteiger partial charge >= 0.3 is 0 Å². The van der Waals surface area contributed by atoms with E-state index in [0.717, 1.165) is 15.6 Å². The number of allylic oxidation sites excluding steroid dienone is 1. The predicted octanol–water partition coefficient (Wildman–Crippen LogP) is 4.01. The van der Waals surface area contributed by atoms with E-state index in [2.05, 4.69) is 20.9 Å². The zero-order valence-electron chi connectivity index (χ0n) is 13.0. The molecule has 1 aliphatic heterocycles. The van der Waals surface area contributed by atoms with Gasteiger partial charge in [-0.15, -0.1) is 0 Å². The molecule has 124 valence electrons. The highest BCUT2D eigenvalue weighted by molar-refractivity contribution is 9.10. The number of fused-ring (bicyclic) bond motifs is 2. The lowest BCUT2D eigenvalue weighted by Gasteiger charge is -2.05. The number of nitro benzene ring substituents is 1. The number of nitrogens with zero attached hydrogens (tertiary/aromatic N) is 3. The Bertz CT molecular complexity index is 1100. The number of aromatic nitrogens is 2. The van der Waals surface area contributed by atoms with Gasteiger partial charge in [0.15, 0.2) is 0 Å². The average Bonchev–Trinajstić information content (AvgIpc) is 3.00. The summed E-state index contributed by atoms with van der Waals surface area (Å²) in [5.74, 6) is 0.634. The van der Waals surface area contributed by atoms with Gasteiger partial charge in [0.1, 0.15) is 5.82 Å². The number of non-ortho nitro benzene ring substituents is 1. The highest BCUT2D eigenvalue weighted by Gasteiger charge is 2.22. The van der Waals surface area contributed by atoms with Crippen molar-refractivity contribution in [1.82, 2.24) is 9.55 Å². The van der Waals surface area contributed by atoms with E-state index in [9.17, 15) is 14.9 Å². The molecule has 4 rings (SSSR count). The number of halogens is 1. The van der Waals surface area contributed by atoms with Crippen molar-refractivity contribution in [3.05, 3.63) is 78.8 Å². The monoisotopic (exact) mass is 397 g/mol. The smallest absolute Gasteiger partial charge is 0.270 e. The molecule has 7 heteroatoms. The van der Waals surface area contributed by atoms with E-state index < -0.39 is 4.92 Å². The average molecular weight is 398 g/mol. The molecule has 3 aromatic rings. The number of hydrogen-bond acceptors (Lipinski definition) is 4. The molecular weight excluding hydrogens is 386 g/mol. The predicted molar refractivity (Wildman–Crippen MR) is 99.3 cm³/mol. The largest absolute Gasteiger partial charge is 0.292 e. The third-order valence-corrected chi connectivity index (χ3v) is 4.78. The normalized spacial score (nSPS) is 14.8. The highest BCUT2D eigenvalue weighted by atomic mass is 79.9. The topological polar surface area (TPSA) is 78.0 Å². The fraction of sp³-hybridized carbons (Fsp3) is 0.111. The lowest BCUT2D eigenvalue weighted by molar-refractivity contribution is -0.384. The number of nitro groups is 1. The summed E-state index contributed by atoms with van der Waals surface area (Å²) < 4.78 is 2.60. The number of hydrogen-bond donors (Lipinski definition) is 0. The molecule has 0 saturated heterocycles. The summed E-state index contributed by atoms with van der Waals surface area (Å²) in [6.45, 7) is 0.530. The molecule has 0 unspecified atom stereocenters. The Morgan fingerprint density at radius 3 is 2.68 bits per heavy atom. The van der Waals surface area contributed by atoms with Gasteiger partial charge in [-0.2, -0.15) is 0 Å². The Morgan fingerprint density at radius 2 is 1.96 bits per heavy atom. The van der Waals surface area contributed by atoms with Crippen LogP contribution >= 0.6 is 15.9 Å². The second-order valence-electron chi connectivity index (χ2n) is 5.82.